The molecule has 1 aromatic rings. The highest BCUT2D eigenvalue weighted by Gasteiger charge is 2.50. The average molecular weight is 301 g/mol. The predicted octanol–water partition coefficient (Wildman–Crippen LogP) is 1.58. The molecule has 5 nitrogen and oxygen atoms in total. The summed E-state index contributed by atoms with van der Waals surface area (Å²) in [6.07, 6.45) is 2.83. The van der Waals surface area contributed by atoms with Gasteiger partial charge < -0.3 is 10.2 Å². The summed E-state index contributed by atoms with van der Waals surface area (Å²) in [7, 11) is 0. The molecular weight excluding hydrogens is 285 g/mol. The number of amides is 2. The zero-order valence-corrected chi connectivity index (χ0v) is 12.1. The molecule has 1 N–H and O–H groups in total. The SMILES string of the molecule is N#Cc1cc(F)cc(C(=O)N2CCCC23CCCNC3=O)c1. The topological polar surface area (TPSA) is 73.2 Å². The van der Waals surface area contributed by atoms with Gasteiger partial charge in [0.15, 0.2) is 0 Å². The van der Waals surface area contributed by atoms with E-state index in [-0.39, 0.29) is 22.9 Å². The Morgan fingerprint density at radius 1 is 1.32 bits per heavy atom. The molecule has 1 aromatic carbocycles. The highest BCUT2D eigenvalue weighted by molar-refractivity contribution is 6.00. The Hall–Kier alpha value is -2.42. The van der Waals surface area contributed by atoms with Gasteiger partial charge in [-0.05, 0) is 43.9 Å². The number of piperidine rings is 1. The van der Waals surface area contributed by atoms with E-state index in [1.807, 2.05) is 6.07 Å². The molecule has 0 radical (unpaired) electrons. The Balaban J connectivity index is 1.96. The van der Waals surface area contributed by atoms with E-state index in [0.29, 0.717) is 25.9 Å². The summed E-state index contributed by atoms with van der Waals surface area (Å²) >= 11 is 0. The highest BCUT2D eigenvalue weighted by atomic mass is 19.1. The van der Waals surface area contributed by atoms with Crippen molar-refractivity contribution in [2.75, 3.05) is 13.1 Å². The number of rotatable bonds is 1. The molecular formula is C16H16FN3O2. The third-order valence-electron chi connectivity index (χ3n) is 4.48. The lowest BCUT2D eigenvalue weighted by Crippen LogP contribution is -2.60. The van der Waals surface area contributed by atoms with Crippen LogP contribution in [0.25, 0.3) is 0 Å². The maximum Gasteiger partial charge on any atom is 0.254 e. The number of nitrogens with one attached hydrogen (secondary N) is 1. The molecule has 1 spiro atoms. The normalized spacial score (nSPS) is 24.2. The molecule has 2 amide bonds. The first-order valence-electron chi connectivity index (χ1n) is 7.38. The number of carbonyl (C=O) groups excluding carboxylic acids is 2. The summed E-state index contributed by atoms with van der Waals surface area (Å²) in [5.74, 6) is -1.13. The lowest BCUT2D eigenvalue weighted by molar-refractivity contribution is -0.133. The third-order valence-corrected chi connectivity index (χ3v) is 4.48. The number of likely N-dealkylation sites (tertiary alicyclic amines) is 1. The van der Waals surface area contributed by atoms with Gasteiger partial charge in [0.1, 0.15) is 11.4 Å². The maximum absolute atomic E-state index is 13.6. The molecule has 2 heterocycles. The fraction of sp³-hybridized carbons (Fsp3) is 0.438. The molecule has 2 fully saturated rings. The van der Waals surface area contributed by atoms with Gasteiger partial charge in [0.05, 0.1) is 11.6 Å². The van der Waals surface area contributed by atoms with E-state index >= 15 is 0 Å². The molecule has 2 aliphatic heterocycles. The van der Waals surface area contributed by atoms with Gasteiger partial charge in [-0.25, -0.2) is 4.39 Å². The Bertz CT molecular complexity index is 682. The summed E-state index contributed by atoms with van der Waals surface area (Å²) < 4.78 is 13.6. The van der Waals surface area contributed by atoms with Gasteiger partial charge in [0.2, 0.25) is 5.91 Å². The summed E-state index contributed by atoms with van der Waals surface area (Å²) in [6.45, 7) is 1.10. The number of hydrogen-bond donors (Lipinski definition) is 1. The van der Waals surface area contributed by atoms with Crippen LogP contribution in [0.3, 0.4) is 0 Å². The van der Waals surface area contributed by atoms with Crippen molar-refractivity contribution < 1.29 is 14.0 Å². The first kappa shape index (κ1) is 14.5. The minimum absolute atomic E-state index is 0.102. The molecule has 1 unspecified atom stereocenters. The van der Waals surface area contributed by atoms with Crippen LogP contribution in [-0.4, -0.2) is 35.3 Å². The van der Waals surface area contributed by atoms with E-state index in [1.54, 1.807) is 4.90 Å². The minimum atomic E-state index is -0.811. The second-order valence-electron chi connectivity index (χ2n) is 5.79. The summed E-state index contributed by atoms with van der Waals surface area (Å²) in [4.78, 5) is 26.6. The fourth-order valence-corrected chi connectivity index (χ4v) is 3.46. The fourth-order valence-electron chi connectivity index (χ4n) is 3.46. The average Bonchev–Trinajstić information content (AvgIpc) is 2.93. The molecule has 22 heavy (non-hydrogen) atoms. The predicted molar refractivity (Wildman–Crippen MR) is 76.4 cm³/mol. The van der Waals surface area contributed by atoms with Crippen molar-refractivity contribution in [3.8, 4) is 6.07 Å². The van der Waals surface area contributed by atoms with Crippen molar-refractivity contribution in [2.45, 2.75) is 31.2 Å². The number of hydrogen-bond acceptors (Lipinski definition) is 3. The molecule has 3 rings (SSSR count). The number of benzene rings is 1. The maximum atomic E-state index is 13.6. The van der Waals surface area contributed by atoms with E-state index in [2.05, 4.69) is 5.32 Å². The van der Waals surface area contributed by atoms with Gasteiger partial charge in [-0.15, -0.1) is 0 Å². The smallest absolute Gasteiger partial charge is 0.254 e. The zero-order chi connectivity index (χ0) is 15.7. The van der Waals surface area contributed by atoms with Crippen LogP contribution in [0.1, 0.15) is 41.6 Å². The molecule has 0 aliphatic carbocycles. The van der Waals surface area contributed by atoms with Gasteiger partial charge >= 0.3 is 0 Å². The second-order valence-corrected chi connectivity index (χ2v) is 5.79. The van der Waals surface area contributed by atoms with Crippen LogP contribution in [0.15, 0.2) is 18.2 Å². The van der Waals surface area contributed by atoms with Gasteiger partial charge in [0.25, 0.3) is 5.91 Å². The van der Waals surface area contributed by atoms with Crippen LogP contribution in [0, 0.1) is 17.1 Å². The first-order chi connectivity index (χ1) is 10.6. The Morgan fingerprint density at radius 2 is 2.09 bits per heavy atom. The number of nitriles is 1. The Morgan fingerprint density at radius 3 is 2.82 bits per heavy atom. The zero-order valence-electron chi connectivity index (χ0n) is 12.1. The van der Waals surface area contributed by atoms with Gasteiger partial charge in [-0.2, -0.15) is 5.26 Å². The van der Waals surface area contributed by atoms with Crippen LogP contribution >= 0.6 is 0 Å². The van der Waals surface area contributed by atoms with E-state index in [4.69, 9.17) is 5.26 Å². The molecule has 1 atom stereocenters. The molecule has 0 saturated carbocycles. The van der Waals surface area contributed by atoms with Crippen LogP contribution in [0.5, 0.6) is 0 Å². The van der Waals surface area contributed by atoms with Crippen molar-refractivity contribution in [3.05, 3.63) is 35.1 Å². The molecule has 114 valence electrons. The van der Waals surface area contributed by atoms with Crippen LogP contribution in [0.4, 0.5) is 4.39 Å². The lowest BCUT2D eigenvalue weighted by atomic mass is 9.86. The number of halogens is 1. The Labute approximate surface area is 127 Å². The Kier molecular flexibility index (Phi) is 3.57. The van der Waals surface area contributed by atoms with E-state index < -0.39 is 11.4 Å². The first-order valence-corrected chi connectivity index (χ1v) is 7.38. The summed E-state index contributed by atoms with van der Waals surface area (Å²) in [6, 6.07) is 5.42. The molecule has 0 bridgehead atoms. The minimum Gasteiger partial charge on any atom is -0.354 e. The molecule has 2 aliphatic rings. The van der Waals surface area contributed by atoms with Crippen molar-refractivity contribution in [3.63, 3.8) is 0 Å². The molecule has 6 heteroatoms. The summed E-state index contributed by atoms with van der Waals surface area (Å²) in [5, 5.41) is 11.7. The van der Waals surface area contributed by atoms with Crippen molar-refractivity contribution in [1.29, 1.82) is 5.26 Å². The third kappa shape index (κ3) is 2.23. The quantitative estimate of drug-likeness (QED) is 0.856. The lowest BCUT2D eigenvalue weighted by Gasteiger charge is -2.40. The van der Waals surface area contributed by atoms with Crippen LogP contribution in [0.2, 0.25) is 0 Å². The van der Waals surface area contributed by atoms with Crippen molar-refractivity contribution in [2.24, 2.45) is 0 Å². The van der Waals surface area contributed by atoms with E-state index in [1.165, 1.54) is 6.07 Å². The second kappa shape index (κ2) is 5.41. The monoisotopic (exact) mass is 301 g/mol. The number of carbonyl (C=O) groups is 2. The van der Waals surface area contributed by atoms with Crippen LogP contribution < -0.4 is 5.32 Å². The largest absolute Gasteiger partial charge is 0.354 e. The summed E-state index contributed by atoms with van der Waals surface area (Å²) in [5.41, 5.74) is -0.588. The highest BCUT2D eigenvalue weighted by Crippen LogP contribution is 2.36. The van der Waals surface area contributed by atoms with Gasteiger partial charge in [-0.1, -0.05) is 0 Å². The van der Waals surface area contributed by atoms with Crippen LogP contribution in [-0.2, 0) is 4.79 Å². The number of nitrogens with zero attached hydrogens (tertiary/aromatic N) is 2. The van der Waals surface area contributed by atoms with Crippen molar-refractivity contribution >= 4 is 11.8 Å². The molecule has 0 aromatic heterocycles. The standard InChI is InChI=1S/C16H16FN3O2/c17-13-8-11(10-18)7-12(9-13)14(21)20-6-2-4-16(20)3-1-5-19-15(16)22/h7-9H,1-6H2,(H,19,22). The van der Waals surface area contributed by atoms with Crippen molar-refractivity contribution in [1.82, 2.24) is 10.2 Å². The van der Waals surface area contributed by atoms with E-state index in [9.17, 15) is 14.0 Å². The van der Waals surface area contributed by atoms with Gasteiger partial charge in [-0.3, -0.25) is 9.59 Å². The van der Waals surface area contributed by atoms with E-state index in [0.717, 1.165) is 25.0 Å². The van der Waals surface area contributed by atoms with Gasteiger partial charge in [0, 0.05) is 18.7 Å². The molecule has 2 saturated heterocycles.